The third-order valence-electron chi connectivity index (χ3n) is 4.23. The Morgan fingerprint density at radius 1 is 0.905 bits per heavy atom. The number of aryl methyl sites for hydroxylation is 4. The van der Waals surface area contributed by atoms with Crippen LogP contribution in [-0.4, -0.2) is 0 Å². The van der Waals surface area contributed by atoms with Crippen LogP contribution < -0.4 is 0 Å². The minimum absolute atomic E-state index is 0.336. The van der Waals surface area contributed by atoms with Gasteiger partial charge in [0.25, 0.3) is 0 Å². The first kappa shape index (κ1) is 16.8. The maximum atomic E-state index is 4.01. The second-order valence-corrected chi connectivity index (χ2v) is 7.28. The van der Waals surface area contributed by atoms with Gasteiger partial charge in [-0.25, -0.2) is 0 Å². The van der Waals surface area contributed by atoms with Gasteiger partial charge < -0.3 is 0 Å². The standard InChI is InChI=1S/C19H25BrS/c1-5-13-11-15(7-3)17(16(8-4)12-13)18(20)19-14(6-2)9-10-21-19/h9-12,18H,5-8H2,1-4H3. The largest absolute Gasteiger partial charge is 0.147 e. The minimum atomic E-state index is 0.336. The third-order valence-corrected chi connectivity index (χ3v) is 6.47. The smallest absolute Gasteiger partial charge is 0.0746 e. The van der Waals surface area contributed by atoms with Crippen molar-refractivity contribution in [2.45, 2.75) is 58.2 Å². The van der Waals surface area contributed by atoms with Crippen molar-refractivity contribution in [2.75, 3.05) is 0 Å². The Hall–Kier alpha value is -0.600. The summed E-state index contributed by atoms with van der Waals surface area (Å²) in [5, 5.41) is 2.22. The number of rotatable bonds is 6. The molecule has 0 aliphatic rings. The summed E-state index contributed by atoms with van der Waals surface area (Å²) in [6, 6.07) is 7.08. The Morgan fingerprint density at radius 3 is 1.95 bits per heavy atom. The lowest BCUT2D eigenvalue weighted by Crippen LogP contribution is -2.05. The average molecular weight is 365 g/mol. The van der Waals surface area contributed by atoms with Crippen LogP contribution in [0.15, 0.2) is 23.6 Å². The van der Waals surface area contributed by atoms with Gasteiger partial charge in [0, 0.05) is 4.88 Å². The average Bonchev–Trinajstić information content (AvgIpc) is 3.01. The van der Waals surface area contributed by atoms with Gasteiger partial charge in [0.1, 0.15) is 0 Å². The first-order valence-corrected chi connectivity index (χ1v) is 9.80. The van der Waals surface area contributed by atoms with Crippen molar-refractivity contribution in [3.8, 4) is 0 Å². The molecule has 0 saturated carbocycles. The van der Waals surface area contributed by atoms with E-state index >= 15 is 0 Å². The van der Waals surface area contributed by atoms with Crippen molar-refractivity contribution in [1.29, 1.82) is 0 Å². The van der Waals surface area contributed by atoms with E-state index in [0.717, 1.165) is 25.7 Å². The molecule has 0 radical (unpaired) electrons. The summed E-state index contributed by atoms with van der Waals surface area (Å²) in [5.74, 6) is 0. The molecule has 2 aromatic rings. The summed E-state index contributed by atoms with van der Waals surface area (Å²) in [5.41, 5.74) is 7.46. The molecule has 0 bridgehead atoms. The first-order chi connectivity index (χ1) is 10.2. The zero-order valence-corrected chi connectivity index (χ0v) is 15.9. The lowest BCUT2D eigenvalue weighted by Gasteiger charge is -2.20. The molecule has 114 valence electrons. The van der Waals surface area contributed by atoms with Crippen LogP contribution in [0.5, 0.6) is 0 Å². The normalized spacial score (nSPS) is 12.6. The molecular weight excluding hydrogens is 340 g/mol. The predicted molar refractivity (Wildman–Crippen MR) is 99.0 cm³/mol. The molecule has 0 aliphatic carbocycles. The molecule has 0 N–H and O–H groups in total. The van der Waals surface area contributed by atoms with Crippen LogP contribution in [0.25, 0.3) is 0 Å². The Bertz CT molecular complexity index is 572. The van der Waals surface area contributed by atoms with E-state index in [9.17, 15) is 0 Å². The summed E-state index contributed by atoms with van der Waals surface area (Å²) in [7, 11) is 0. The highest BCUT2D eigenvalue weighted by Gasteiger charge is 2.21. The molecule has 1 aromatic heterocycles. The van der Waals surface area contributed by atoms with Crippen molar-refractivity contribution in [2.24, 2.45) is 0 Å². The Balaban J connectivity index is 2.56. The number of alkyl halides is 1. The summed E-state index contributed by atoms with van der Waals surface area (Å²) < 4.78 is 0. The molecule has 1 heterocycles. The van der Waals surface area contributed by atoms with Crippen molar-refractivity contribution >= 4 is 27.3 Å². The highest BCUT2D eigenvalue weighted by Crippen LogP contribution is 2.40. The maximum absolute atomic E-state index is 4.01. The summed E-state index contributed by atoms with van der Waals surface area (Å²) in [4.78, 5) is 1.81. The quantitative estimate of drug-likeness (QED) is 0.514. The topological polar surface area (TPSA) is 0 Å². The molecule has 0 nitrogen and oxygen atoms in total. The van der Waals surface area contributed by atoms with Crippen molar-refractivity contribution in [3.05, 3.63) is 56.3 Å². The molecule has 0 saturated heterocycles. The fraction of sp³-hybridized carbons (Fsp3) is 0.474. The van der Waals surface area contributed by atoms with Crippen molar-refractivity contribution < 1.29 is 0 Å². The Kier molecular flexibility index (Phi) is 6.07. The predicted octanol–water partition coefficient (Wildman–Crippen LogP) is 6.48. The van der Waals surface area contributed by atoms with E-state index in [1.54, 1.807) is 0 Å². The van der Waals surface area contributed by atoms with Crippen LogP contribution in [0.4, 0.5) is 0 Å². The molecule has 0 aliphatic heterocycles. The van der Waals surface area contributed by atoms with Gasteiger partial charge in [-0.3, -0.25) is 0 Å². The second kappa shape index (κ2) is 7.60. The monoisotopic (exact) mass is 364 g/mol. The minimum Gasteiger partial charge on any atom is -0.147 e. The van der Waals surface area contributed by atoms with Gasteiger partial charge >= 0.3 is 0 Å². The van der Waals surface area contributed by atoms with Crippen LogP contribution in [0.1, 0.15) is 65.2 Å². The molecule has 0 fully saturated rings. The van der Waals surface area contributed by atoms with Gasteiger partial charge in [-0.1, -0.05) is 55.8 Å². The zero-order valence-electron chi connectivity index (χ0n) is 13.5. The number of benzene rings is 1. The molecule has 2 heteroatoms. The van der Waals surface area contributed by atoms with Crippen LogP contribution in [0.2, 0.25) is 0 Å². The lowest BCUT2D eigenvalue weighted by molar-refractivity contribution is 0.972. The SMILES string of the molecule is CCc1cc(CC)c(C(Br)c2sccc2CC)c(CC)c1. The number of halogens is 1. The van der Waals surface area contributed by atoms with E-state index in [-0.39, 0.29) is 0 Å². The van der Waals surface area contributed by atoms with Crippen LogP contribution in [0.3, 0.4) is 0 Å². The fourth-order valence-corrected chi connectivity index (χ4v) is 5.14. The van der Waals surface area contributed by atoms with E-state index in [1.807, 2.05) is 11.3 Å². The molecule has 2 rings (SSSR count). The van der Waals surface area contributed by atoms with Crippen LogP contribution >= 0.6 is 27.3 Å². The molecule has 1 aromatic carbocycles. The van der Waals surface area contributed by atoms with Crippen LogP contribution in [-0.2, 0) is 25.7 Å². The molecule has 21 heavy (non-hydrogen) atoms. The molecular formula is C19H25BrS. The second-order valence-electron chi connectivity index (χ2n) is 5.41. The highest BCUT2D eigenvalue weighted by molar-refractivity contribution is 9.09. The van der Waals surface area contributed by atoms with E-state index < -0.39 is 0 Å². The van der Waals surface area contributed by atoms with Crippen molar-refractivity contribution in [1.82, 2.24) is 0 Å². The summed E-state index contributed by atoms with van der Waals surface area (Å²) in [6.07, 6.45) is 4.43. The molecule has 1 atom stereocenters. The molecule has 0 spiro atoms. The van der Waals surface area contributed by atoms with Gasteiger partial charge in [-0.2, -0.15) is 0 Å². The Labute approximate surface area is 141 Å². The number of thiophene rings is 1. The number of hydrogen-bond donors (Lipinski definition) is 0. The molecule has 0 amide bonds. The Morgan fingerprint density at radius 2 is 1.48 bits per heavy atom. The van der Waals surface area contributed by atoms with E-state index in [0.29, 0.717) is 4.83 Å². The van der Waals surface area contributed by atoms with Gasteiger partial charge in [-0.15, -0.1) is 11.3 Å². The van der Waals surface area contributed by atoms with Gasteiger partial charge in [0.2, 0.25) is 0 Å². The highest BCUT2D eigenvalue weighted by atomic mass is 79.9. The third kappa shape index (κ3) is 3.43. The van der Waals surface area contributed by atoms with Gasteiger partial charge in [0.15, 0.2) is 0 Å². The van der Waals surface area contributed by atoms with Crippen LogP contribution in [0, 0.1) is 0 Å². The summed E-state index contributed by atoms with van der Waals surface area (Å²) >= 11 is 5.88. The van der Waals surface area contributed by atoms with Gasteiger partial charge in [0.05, 0.1) is 4.83 Å². The summed E-state index contributed by atoms with van der Waals surface area (Å²) in [6.45, 7) is 9.03. The lowest BCUT2D eigenvalue weighted by atomic mass is 9.90. The van der Waals surface area contributed by atoms with Gasteiger partial charge in [-0.05, 0) is 64.9 Å². The molecule has 1 unspecified atom stereocenters. The van der Waals surface area contributed by atoms with E-state index in [2.05, 4.69) is 67.2 Å². The van der Waals surface area contributed by atoms with E-state index in [4.69, 9.17) is 0 Å². The van der Waals surface area contributed by atoms with E-state index in [1.165, 1.54) is 32.7 Å². The zero-order chi connectivity index (χ0) is 15.4. The number of hydrogen-bond acceptors (Lipinski definition) is 1. The maximum Gasteiger partial charge on any atom is 0.0746 e. The fourth-order valence-electron chi connectivity index (χ4n) is 2.96. The first-order valence-electron chi connectivity index (χ1n) is 8.00. The van der Waals surface area contributed by atoms with Crippen molar-refractivity contribution in [3.63, 3.8) is 0 Å².